The van der Waals surface area contributed by atoms with Gasteiger partial charge >= 0.3 is 0 Å². The van der Waals surface area contributed by atoms with Gasteiger partial charge in [-0.2, -0.15) is 0 Å². The van der Waals surface area contributed by atoms with Crippen molar-refractivity contribution in [2.24, 2.45) is 0 Å². The summed E-state index contributed by atoms with van der Waals surface area (Å²) < 4.78 is 28.3. The van der Waals surface area contributed by atoms with Crippen molar-refractivity contribution in [3.05, 3.63) is 66.0 Å². The summed E-state index contributed by atoms with van der Waals surface area (Å²) in [6, 6.07) is 12.8. The lowest BCUT2D eigenvalue weighted by Gasteiger charge is -2.08. The third-order valence-electron chi connectivity index (χ3n) is 3.59. The first-order valence-corrected chi connectivity index (χ1v) is 8.97. The Kier molecular flexibility index (Phi) is 4.57. The van der Waals surface area contributed by atoms with Crippen molar-refractivity contribution in [3.8, 4) is 5.69 Å². The van der Waals surface area contributed by atoms with E-state index in [1.165, 1.54) is 23.1 Å². The zero-order chi connectivity index (χ0) is 17.9. The summed E-state index contributed by atoms with van der Waals surface area (Å²) in [6.45, 7) is 2.00. The van der Waals surface area contributed by atoms with Crippen molar-refractivity contribution in [3.63, 3.8) is 0 Å². The first-order valence-electron chi connectivity index (χ1n) is 7.49. The fraction of sp³-hybridized carbons (Fsp3) is 0.125. The maximum Gasteiger partial charge on any atom is 0.264 e. The molecule has 0 atom stereocenters. The minimum Gasteiger partial charge on any atom is -0.268 e. The number of nitrogens with one attached hydrogen (secondary N) is 1. The lowest BCUT2D eigenvalue weighted by atomic mass is 10.1. The van der Waals surface area contributed by atoms with Gasteiger partial charge in [0.25, 0.3) is 15.9 Å². The third-order valence-corrected chi connectivity index (χ3v) is 4.92. The van der Waals surface area contributed by atoms with Crippen LogP contribution in [0.4, 0.5) is 0 Å². The van der Waals surface area contributed by atoms with Gasteiger partial charge in [0.15, 0.2) is 0 Å². The lowest BCUT2D eigenvalue weighted by Crippen LogP contribution is -2.30. The molecule has 0 aliphatic rings. The van der Waals surface area contributed by atoms with E-state index in [1.807, 2.05) is 6.92 Å². The summed E-state index contributed by atoms with van der Waals surface area (Å²) in [5.74, 6) is -0.685. The lowest BCUT2D eigenvalue weighted by molar-refractivity contribution is 0.0981. The Bertz CT molecular complexity index is 983. The monoisotopic (exact) mass is 357 g/mol. The summed E-state index contributed by atoms with van der Waals surface area (Å²) in [4.78, 5) is 12.2. The van der Waals surface area contributed by atoms with E-state index in [2.05, 4.69) is 20.2 Å². The topological polar surface area (TPSA) is 107 Å². The molecular formula is C16H15N5O3S. The summed E-state index contributed by atoms with van der Waals surface area (Å²) in [6.07, 6.45) is 2.18. The molecule has 1 heterocycles. The number of aryl methyl sites for hydroxylation is 1. The molecule has 8 nitrogen and oxygen atoms in total. The minimum atomic E-state index is -4.02. The smallest absolute Gasteiger partial charge is 0.264 e. The highest BCUT2D eigenvalue weighted by molar-refractivity contribution is 7.90. The second-order valence-corrected chi connectivity index (χ2v) is 6.92. The second kappa shape index (κ2) is 6.81. The zero-order valence-corrected chi connectivity index (χ0v) is 14.1. The Morgan fingerprint density at radius 1 is 1.16 bits per heavy atom. The number of aromatic nitrogens is 4. The molecule has 25 heavy (non-hydrogen) atoms. The number of hydrogen-bond acceptors (Lipinski definition) is 6. The van der Waals surface area contributed by atoms with Gasteiger partial charge in [0.05, 0.1) is 10.6 Å². The van der Waals surface area contributed by atoms with Crippen molar-refractivity contribution in [2.75, 3.05) is 0 Å². The molecule has 1 N–H and O–H groups in total. The van der Waals surface area contributed by atoms with Crippen molar-refractivity contribution >= 4 is 15.9 Å². The van der Waals surface area contributed by atoms with Gasteiger partial charge in [-0.3, -0.25) is 4.79 Å². The summed E-state index contributed by atoms with van der Waals surface area (Å²) in [5, 5.41) is 10.7. The van der Waals surface area contributed by atoms with Crippen LogP contribution in [0.3, 0.4) is 0 Å². The van der Waals surface area contributed by atoms with E-state index in [0.29, 0.717) is 5.69 Å². The normalized spacial score (nSPS) is 11.2. The summed E-state index contributed by atoms with van der Waals surface area (Å²) >= 11 is 0. The van der Waals surface area contributed by atoms with E-state index in [9.17, 15) is 13.2 Å². The fourth-order valence-electron chi connectivity index (χ4n) is 2.20. The quantitative estimate of drug-likeness (QED) is 0.738. The van der Waals surface area contributed by atoms with Crippen LogP contribution in [0, 0.1) is 0 Å². The molecule has 0 aliphatic carbocycles. The highest BCUT2D eigenvalue weighted by Crippen LogP contribution is 2.14. The molecule has 3 aromatic rings. The van der Waals surface area contributed by atoms with E-state index in [0.717, 1.165) is 12.0 Å². The van der Waals surface area contributed by atoms with Gasteiger partial charge in [0.1, 0.15) is 6.33 Å². The first kappa shape index (κ1) is 16.8. The Labute approximate surface area is 144 Å². The molecule has 0 aliphatic heterocycles. The van der Waals surface area contributed by atoms with Crippen molar-refractivity contribution in [1.82, 2.24) is 24.9 Å². The third kappa shape index (κ3) is 3.72. The van der Waals surface area contributed by atoms with E-state index in [1.54, 1.807) is 36.4 Å². The number of nitrogens with zero attached hydrogens (tertiary/aromatic N) is 4. The van der Waals surface area contributed by atoms with Crippen LogP contribution >= 0.6 is 0 Å². The predicted octanol–water partition coefficient (Wildman–Crippen LogP) is 1.34. The largest absolute Gasteiger partial charge is 0.268 e. The molecule has 0 bridgehead atoms. The average molecular weight is 357 g/mol. The average Bonchev–Trinajstić information content (AvgIpc) is 3.16. The van der Waals surface area contributed by atoms with Gasteiger partial charge in [0.2, 0.25) is 0 Å². The summed E-state index contributed by atoms with van der Waals surface area (Å²) in [5.41, 5.74) is 1.80. The number of benzene rings is 2. The van der Waals surface area contributed by atoms with Crippen LogP contribution in [0.15, 0.2) is 59.8 Å². The van der Waals surface area contributed by atoms with Crippen LogP contribution in [0.25, 0.3) is 5.69 Å². The molecule has 0 saturated carbocycles. The number of amides is 1. The fourth-order valence-corrected chi connectivity index (χ4v) is 3.22. The maximum atomic E-state index is 12.5. The van der Waals surface area contributed by atoms with E-state index in [4.69, 9.17) is 0 Å². The van der Waals surface area contributed by atoms with E-state index >= 15 is 0 Å². The van der Waals surface area contributed by atoms with Gasteiger partial charge in [-0.15, -0.1) is 5.10 Å². The van der Waals surface area contributed by atoms with Crippen LogP contribution in [0.1, 0.15) is 22.8 Å². The summed E-state index contributed by atoms with van der Waals surface area (Å²) in [7, 11) is -4.02. The number of rotatable bonds is 5. The first-order chi connectivity index (χ1) is 12.0. The van der Waals surface area contributed by atoms with Gasteiger partial charge < -0.3 is 0 Å². The van der Waals surface area contributed by atoms with Gasteiger partial charge in [-0.05, 0) is 52.7 Å². The van der Waals surface area contributed by atoms with E-state index < -0.39 is 15.9 Å². The predicted molar refractivity (Wildman–Crippen MR) is 89.6 cm³/mol. The van der Waals surface area contributed by atoms with Crippen LogP contribution in [-0.2, 0) is 16.4 Å². The zero-order valence-electron chi connectivity index (χ0n) is 13.3. The molecule has 0 saturated heterocycles. The molecule has 9 heteroatoms. The molecule has 2 aromatic carbocycles. The number of carbonyl (C=O) groups is 1. The Morgan fingerprint density at radius 2 is 1.92 bits per heavy atom. The minimum absolute atomic E-state index is 0.0565. The number of tetrazole rings is 1. The molecular weight excluding hydrogens is 342 g/mol. The van der Waals surface area contributed by atoms with Gasteiger partial charge in [-0.25, -0.2) is 17.8 Å². The Balaban J connectivity index is 1.84. The molecule has 0 spiro atoms. The molecule has 0 fully saturated rings. The van der Waals surface area contributed by atoms with Crippen LogP contribution in [0.5, 0.6) is 0 Å². The molecule has 0 unspecified atom stereocenters. The maximum absolute atomic E-state index is 12.5. The molecule has 0 radical (unpaired) electrons. The molecule has 1 aromatic heterocycles. The number of hydrogen-bond donors (Lipinski definition) is 1. The second-order valence-electron chi connectivity index (χ2n) is 5.24. The number of sulfonamides is 1. The molecule has 1 amide bonds. The molecule has 128 valence electrons. The van der Waals surface area contributed by atoms with Gasteiger partial charge in [-0.1, -0.05) is 25.1 Å². The van der Waals surface area contributed by atoms with Crippen LogP contribution in [0.2, 0.25) is 0 Å². The highest BCUT2D eigenvalue weighted by Gasteiger charge is 2.19. The molecule has 3 rings (SSSR count). The number of carbonyl (C=O) groups excluding carboxylic acids is 1. The van der Waals surface area contributed by atoms with Crippen LogP contribution in [-0.4, -0.2) is 34.5 Å². The van der Waals surface area contributed by atoms with Gasteiger partial charge in [0, 0.05) is 5.56 Å². The standard InChI is InChI=1S/C16H15N5O3S/c1-2-12-6-8-13(9-7-12)16(22)18-25(23,24)15-5-3-4-14(10-15)21-11-17-19-20-21/h3-11H,2H2,1H3,(H,18,22). The van der Waals surface area contributed by atoms with Crippen molar-refractivity contribution in [1.29, 1.82) is 0 Å². The SMILES string of the molecule is CCc1ccc(C(=O)NS(=O)(=O)c2cccc(-n3cnnn3)c2)cc1. The van der Waals surface area contributed by atoms with Crippen molar-refractivity contribution < 1.29 is 13.2 Å². The highest BCUT2D eigenvalue weighted by atomic mass is 32.2. The Hall–Kier alpha value is -3.07. The van der Waals surface area contributed by atoms with E-state index in [-0.39, 0.29) is 10.5 Å². The van der Waals surface area contributed by atoms with Crippen LogP contribution < -0.4 is 4.72 Å². The van der Waals surface area contributed by atoms with Crippen molar-refractivity contribution in [2.45, 2.75) is 18.2 Å². The Morgan fingerprint density at radius 3 is 2.56 bits per heavy atom.